The first-order valence-electron chi connectivity index (χ1n) is 7.20. The Morgan fingerprint density at radius 1 is 1.27 bits per heavy atom. The van der Waals surface area contributed by atoms with Crippen molar-refractivity contribution in [3.05, 3.63) is 68.7 Å². The molecule has 0 aliphatic carbocycles. The van der Waals surface area contributed by atoms with Crippen LogP contribution < -0.4 is 10.7 Å². The van der Waals surface area contributed by atoms with E-state index < -0.39 is 28.2 Å². The fourth-order valence-electron chi connectivity index (χ4n) is 1.88. The fourth-order valence-corrected chi connectivity index (χ4v) is 2.07. The molecular formula is C16H13ClN4O5. The lowest BCUT2D eigenvalue weighted by Crippen LogP contribution is -2.34. The number of nitro benzene ring substituents is 1. The van der Waals surface area contributed by atoms with Gasteiger partial charge in [0, 0.05) is 22.2 Å². The van der Waals surface area contributed by atoms with Gasteiger partial charge in [-0.25, -0.2) is 5.43 Å². The Labute approximate surface area is 152 Å². The summed E-state index contributed by atoms with van der Waals surface area (Å²) in [5.41, 5.74) is 2.31. The SMILES string of the molecule is O=C(CNC(=O)c1cccc(Cl)c1)N/N=C\c1ccc(O)c([N+](=O)[O-])c1. The minimum Gasteiger partial charge on any atom is -0.502 e. The maximum Gasteiger partial charge on any atom is 0.311 e. The van der Waals surface area contributed by atoms with Crippen LogP contribution in [0.25, 0.3) is 0 Å². The highest BCUT2D eigenvalue weighted by atomic mass is 35.5. The number of nitro groups is 1. The molecule has 2 aromatic carbocycles. The van der Waals surface area contributed by atoms with E-state index in [1.807, 2.05) is 0 Å². The molecule has 0 spiro atoms. The quantitative estimate of drug-likeness (QED) is 0.401. The molecule has 0 saturated heterocycles. The van der Waals surface area contributed by atoms with Crippen LogP contribution in [0.5, 0.6) is 5.75 Å². The van der Waals surface area contributed by atoms with Crippen molar-refractivity contribution >= 4 is 35.3 Å². The van der Waals surface area contributed by atoms with E-state index in [0.717, 1.165) is 12.1 Å². The van der Waals surface area contributed by atoms with Gasteiger partial charge >= 0.3 is 5.69 Å². The number of hydrogen-bond acceptors (Lipinski definition) is 6. The summed E-state index contributed by atoms with van der Waals surface area (Å²) >= 11 is 5.78. The maximum atomic E-state index is 11.9. The average Bonchev–Trinajstić information content (AvgIpc) is 2.60. The number of benzene rings is 2. The largest absolute Gasteiger partial charge is 0.502 e. The number of hydrazone groups is 1. The number of nitrogens with zero attached hydrogens (tertiary/aromatic N) is 2. The van der Waals surface area contributed by atoms with Gasteiger partial charge in [0.1, 0.15) is 0 Å². The number of nitrogens with one attached hydrogen (secondary N) is 2. The first kappa shape index (κ1) is 18.9. The van der Waals surface area contributed by atoms with Crippen LogP contribution in [0.2, 0.25) is 5.02 Å². The van der Waals surface area contributed by atoms with Gasteiger partial charge in [-0.1, -0.05) is 17.7 Å². The van der Waals surface area contributed by atoms with Crippen LogP contribution in [0.3, 0.4) is 0 Å². The number of amides is 2. The van der Waals surface area contributed by atoms with Crippen LogP contribution in [0.1, 0.15) is 15.9 Å². The molecule has 0 radical (unpaired) electrons. The van der Waals surface area contributed by atoms with Crippen LogP contribution in [-0.2, 0) is 4.79 Å². The predicted molar refractivity (Wildman–Crippen MR) is 94.3 cm³/mol. The van der Waals surface area contributed by atoms with Crippen LogP contribution >= 0.6 is 11.6 Å². The van der Waals surface area contributed by atoms with E-state index in [-0.39, 0.29) is 6.54 Å². The van der Waals surface area contributed by atoms with E-state index in [9.17, 15) is 24.8 Å². The number of carbonyl (C=O) groups is 2. The molecule has 9 nitrogen and oxygen atoms in total. The van der Waals surface area contributed by atoms with E-state index >= 15 is 0 Å². The predicted octanol–water partition coefficient (Wildman–Crippen LogP) is 1.83. The normalized spacial score (nSPS) is 10.5. The number of carbonyl (C=O) groups excluding carboxylic acids is 2. The Morgan fingerprint density at radius 3 is 2.73 bits per heavy atom. The Bertz CT molecular complexity index is 885. The molecule has 0 heterocycles. The van der Waals surface area contributed by atoms with Gasteiger partial charge in [0.2, 0.25) is 0 Å². The monoisotopic (exact) mass is 376 g/mol. The zero-order valence-electron chi connectivity index (χ0n) is 13.2. The van der Waals surface area contributed by atoms with Crippen molar-refractivity contribution in [2.24, 2.45) is 5.10 Å². The second kappa shape index (κ2) is 8.58. The van der Waals surface area contributed by atoms with E-state index in [0.29, 0.717) is 16.1 Å². The van der Waals surface area contributed by atoms with E-state index in [2.05, 4.69) is 15.8 Å². The Hall–Kier alpha value is -3.46. The number of rotatable bonds is 6. The molecule has 0 aliphatic rings. The van der Waals surface area contributed by atoms with Crippen LogP contribution in [-0.4, -0.2) is 34.6 Å². The molecule has 2 rings (SSSR count). The molecule has 0 atom stereocenters. The zero-order valence-corrected chi connectivity index (χ0v) is 13.9. The Morgan fingerprint density at radius 2 is 2.04 bits per heavy atom. The molecule has 134 valence electrons. The summed E-state index contributed by atoms with van der Waals surface area (Å²) in [5, 5.41) is 26.5. The topological polar surface area (TPSA) is 134 Å². The van der Waals surface area contributed by atoms with Crippen LogP contribution in [0.15, 0.2) is 47.6 Å². The van der Waals surface area contributed by atoms with Crippen LogP contribution in [0, 0.1) is 10.1 Å². The molecular weight excluding hydrogens is 364 g/mol. The molecule has 10 heteroatoms. The lowest BCUT2D eigenvalue weighted by atomic mass is 10.2. The number of aromatic hydroxyl groups is 1. The molecule has 26 heavy (non-hydrogen) atoms. The van der Waals surface area contributed by atoms with Gasteiger partial charge in [0.15, 0.2) is 5.75 Å². The van der Waals surface area contributed by atoms with Gasteiger partial charge in [0.05, 0.1) is 17.7 Å². The minimum atomic E-state index is -0.739. The van der Waals surface area contributed by atoms with Gasteiger partial charge in [-0.15, -0.1) is 0 Å². The first-order chi connectivity index (χ1) is 12.4. The summed E-state index contributed by atoms with van der Waals surface area (Å²) in [6.07, 6.45) is 1.17. The summed E-state index contributed by atoms with van der Waals surface area (Å²) < 4.78 is 0. The minimum absolute atomic E-state index is 0.303. The summed E-state index contributed by atoms with van der Waals surface area (Å²) in [7, 11) is 0. The van der Waals surface area contributed by atoms with Gasteiger partial charge in [-0.2, -0.15) is 5.10 Å². The molecule has 0 bridgehead atoms. The van der Waals surface area contributed by atoms with Crippen molar-refractivity contribution < 1.29 is 19.6 Å². The molecule has 2 aromatic rings. The van der Waals surface area contributed by atoms with E-state index in [1.54, 1.807) is 18.2 Å². The van der Waals surface area contributed by atoms with E-state index in [4.69, 9.17) is 11.6 Å². The van der Waals surface area contributed by atoms with Crippen molar-refractivity contribution in [2.75, 3.05) is 6.54 Å². The summed E-state index contributed by atoms with van der Waals surface area (Å²) in [6.45, 7) is -0.321. The molecule has 0 saturated carbocycles. The number of halogens is 1. The van der Waals surface area contributed by atoms with Gasteiger partial charge in [0.25, 0.3) is 11.8 Å². The summed E-state index contributed by atoms with van der Waals surface area (Å²) in [5.74, 6) is -1.54. The molecule has 2 amide bonds. The third-order valence-corrected chi connectivity index (χ3v) is 3.33. The third-order valence-electron chi connectivity index (χ3n) is 3.10. The number of phenols is 1. The summed E-state index contributed by atoms with van der Waals surface area (Å²) in [4.78, 5) is 33.5. The van der Waals surface area contributed by atoms with Gasteiger partial charge < -0.3 is 10.4 Å². The highest BCUT2D eigenvalue weighted by Crippen LogP contribution is 2.25. The van der Waals surface area contributed by atoms with Gasteiger partial charge in [-0.3, -0.25) is 19.7 Å². The highest BCUT2D eigenvalue weighted by molar-refractivity contribution is 6.30. The molecule has 0 unspecified atom stereocenters. The average molecular weight is 377 g/mol. The zero-order chi connectivity index (χ0) is 19.1. The molecule has 0 aromatic heterocycles. The van der Waals surface area contributed by atoms with Gasteiger partial charge in [-0.05, 0) is 30.3 Å². The lowest BCUT2D eigenvalue weighted by Gasteiger charge is -2.04. The molecule has 3 N–H and O–H groups in total. The first-order valence-corrected chi connectivity index (χ1v) is 7.57. The second-order valence-corrected chi connectivity index (χ2v) is 5.43. The highest BCUT2D eigenvalue weighted by Gasteiger charge is 2.13. The molecule has 0 aliphatic heterocycles. The van der Waals surface area contributed by atoms with Crippen LogP contribution in [0.4, 0.5) is 5.69 Å². The maximum absolute atomic E-state index is 11.9. The fraction of sp³-hybridized carbons (Fsp3) is 0.0625. The summed E-state index contributed by atoms with van der Waals surface area (Å²) in [6, 6.07) is 9.88. The number of phenolic OH excluding ortho intramolecular Hbond substituents is 1. The van der Waals surface area contributed by atoms with E-state index in [1.165, 1.54) is 18.3 Å². The van der Waals surface area contributed by atoms with Crippen molar-refractivity contribution in [3.63, 3.8) is 0 Å². The second-order valence-electron chi connectivity index (χ2n) is 4.99. The standard InChI is InChI=1S/C16H13ClN4O5/c17-12-3-1-2-11(7-12)16(24)18-9-15(23)20-19-8-10-4-5-14(22)13(6-10)21(25)26/h1-8,22H,9H2,(H,18,24)(H,20,23)/b19-8-. The Kier molecular flexibility index (Phi) is 6.23. The van der Waals surface area contributed by atoms with Crippen molar-refractivity contribution in [1.29, 1.82) is 0 Å². The van der Waals surface area contributed by atoms with Crippen molar-refractivity contribution in [3.8, 4) is 5.75 Å². The van der Waals surface area contributed by atoms with Crippen molar-refractivity contribution in [2.45, 2.75) is 0 Å². The smallest absolute Gasteiger partial charge is 0.311 e. The third kappa shape index (κ3) is 5.28. The lowest BCUT2D eigenvalue weighted by molar-refractivity contribution is -0.385. The molecule has 0 fully saturated rings. The van der Waals surface area contributed by atoms with Crippen molar-refractivity contribution in [1.82, 2.24) is 10.7 Å². The Balaban J connectivity index is 1.87. The number of hydrogen-bond donors (Lipinski definition) is 3.